The van der Waals surface area contributed by atoms with Gasteiger partial charge in [-0.2, -0.15) is 0 Å². The minimum atomic E-state index is -0.931. The summed E-state index contributed by atoms with van der Waals surface area (Å²) in [5.41, 5.74) is 0. The zero-order valence-electron chi connectivity index (χ0n) is 6.71. The van der Waals surface area contributed by atoms with Gasteiger partial charge in [0.05, 0.1) is 12.7 Å². The molecule has 0 bridgehead atoms. The summed E-state index contributed by atoms with van der Waals surface area (Å²) in [6, 6.07) is 0. The lowest BCUT2D eigenvalue weighted by Gasteiger charge is -2.12. The molecule has 0 aliphatic heterocycles. The van der Waals surface area contributed by atoms with Crippen molar-refractivity contribution < 1.29 is 14.6 Å². The van der Waals surface area contributed by atoms with E-state index in [0.717, 1.165) is 0 Å². The van der Waals surface area contributed by atoms with Crippen molar-refractivity contribution in [1.29, 1.82) is 0 Å². The summed E-state index contributed by atoms with van der Waals surface area (Å²) in [6.07, 6.45) is -0.358. The summed E-state index contributed by atoms with van der Waals surface area (Å²) < 4.78 is 4.60. The van der Waals surface area contributed by atoms with E-state index in [2.05, 4.69) is 4.74 Å². The molecule has 0 aromatic heterocycles. The Morgan fingerprint density at radius 2 is 2.18 bits per heavy atom. The number of carbonyl (C=O) groups is 1. The molecule has 0 rings (SSSR count). The molecule has 0 saturated carbocycles. The normalized spacial score (nSPS) is 15.6. The number of alkyl halides is 1. The van der Waals surface area contributed by atoms with E-state index >= 15 is 0 Å². The van der Waals surface area contributed by atoms with Gasteiger partial charge in [0.25, 0.3) is 0 Å². The zero-order chi connectivity index (χ0) is 8.85. The molecule has 0 saturated heterocycles. The molecule has 0 radical (unpaired) electrons. The largest absolute Gasteiger partial charge is 0.465 e. The summed E-state index contributed by atoms with van der Waals surface area (Å²) in [5, 5.41) is 8.16. The van der Waals surface area contributed by atoms with E-state index < -0.39 is 17.5 Å². The molecule has 2 atom stereocenters. The van der Waals surface area contributed by atoms with Crippen molar-refractivity contribution in [2.45, 2.75) is 31.7 Å². The fraction of sp³-hybridized carbons (Fsp3) is 0.857. The van der Waals surface area contributed by atoms with Crippen molar-refractivity contribution in [1.82, 2.24) is 0 Å². The summed E-state index contributed by atoms with van der Waals surface area (Å²) in [4.78, 5) is 10.8. The highest BCUT2D eigenvalue weighted by Gasteiger charge is 2.23. The molecule has 0 aliphatic carbocycles. The maximum atomic E-state index is 10.8. The molecule has 0 heterocycles. The first-order valence-corrected chi connectivity index (χ1v) is 4.05. The first kappa shape index (κ1) is 10.7. The number of halogens is 1. The first-order chi connectivity index (χ1) is 5.13. The summed E-state index contributed by atoms with van der Waals surface area (Å²) in [7, 11) is 0. The van der Waals surface area contributed by atoms with Gasteiger partial charge in [-0.3, -0.25) is 4.79 Å². The summed E-state index contributed by atoms with van der Waals surface area (Å²) in [6.45, 7) is 3.73. The van der Waals surface area contributed by atoms with E-state index in [-0.39, 0.29) is 0 Å². The zero-order valence-corrected chi connectivity index (χ0v) is 7.47. The number of esters is 1. The maximum absolute atomic E-state index is 10.8. The van der Waals surface area contributed by atoms with E-state index in [4.69, 9.17) is 16.7 Å². The van der Waals surface area contributed by atoms with Crippen molar-refractivity contribution in [3.63, 3.8) is 0 Å². The number of aliphatic hydroxyl groups is 1. The third-order valence-electron chi connectivity index (χ3n) is 1.27. The smallest absolute Gasteiger partial charge is 0.326 e. The van der Waals surface area contributed by atoms with Crippen LogP contribution in [0.15, 0.2) is 0 Å². The molecule has 0 aromatic carbocycles. The van der Waals surface area contributed by atoms with Gasteiger partial charge >= 0.3 is 5.97 Å². The SMILES string of the molecule is CCOC(=O)C(Cl)C(O)CC. The first-order valence-electron chi connectivity index (χ1n) is 3.62. The van der Waals surface area contributed by atoms with Crippen molar-refractivity contribution in [3.8, 4) is 0 Å². The Labute approximate surface area is 71.3 Å². The highest BCUT2D eigenvalue weighted by molar-refractivity contribution is 6.30. The van der Waals surface area contributed by atoms with Gasteiger partial charge in [0.15, 0.2) is 5.38 Å². The molecule has 0 aliphatic rings. The molecule has 11 heavy (non-hydrogen) atoms. The third kappa shape index (κ3) is 3.58. The van der Waals surface area contributed by atoms with Crippen LogP contribution in [0.5, 0.6) is 0 Å². The predicted octanol–water partition coefficient (Wildman–Crippen LogP) is 0.928. The summed E-state index contributed by atoms with van der Waals surface area (Å²) in [5.74, 6) is -0.552. The predicted molar refractivity (Wildman–Crippen MR) is 42.6 cm³/mol. The highest BCUT2D eigenvalue weighted by atomic mass is 35.5. The van der Waals surface area contributed by atoms with E-state index in [0.29, 0.717) is 13.0 Å². The van der Waals surface area contributed by atoms with Gasteiger partial charge < -0.3 is 9.84 Å². The minimum absolute atomic E-state index is 0.290. The standard InChI is InChI=1S/C7H13ClO3/c1-3-5(9)6(8)7(10)11-4-2/h5-6,9H,3-4H2,1-2H3. The maximum Gasteiger partial charge on any atom is 0.326 e. The van der Waals surface area contributed by atoms with Gasteiger partial charge in [-0.1, -0.05) is 6.92 Å². The van der Waals surface area contributed by atoms with Gasteiger partial charge in [-0.15, -0.1) is 11.6 Å². The number of ether oxygens (including phenoxy) is 1. The molecular weight excluding hydrogens is 168 g/mol. The fourth-order valence-corrected chi connectivity index (χ4v) is 0.827. The number of hydrogen-bond donors (Lipinski definition) is 1. The number of carbonyl (C=O) groups excluding carboxylic acids is 1. The van der Waals surface area contributed by atoms with Crippen LogP contribution >= 0.6 is 11.6 Å². The summed E-state index contributed by atoms with van der Waals surface area (Å²) >= 11 is 5.54. The Bertz CT molecular complexity index is 127. The van der Waals surface area contributed by atoms with Crippen molar-refractivity contribution >= 4 is 17.6 Å². The molecular formula is C7H13ClO3. The average molecular weight is 181 g/mol. The topological polar surface area (TPSA) is 46.5 Å². The quantitative estimate of drug-likeness (QED) is 0.517. The average Bonchev–Trinajstić information content (AvgIpc) is 2.02. The van der Waals surface area contributed by atoms with Gasteiger partial charge in [0.1, 0.15) is 0 Å². The van der Waals surface area contributed by atoms with Crippen LogP contribution in [0.4, 0.5) is 0 Å². The second-order valence-electron chi connectivity index (χ2n) is 2.13. The molecule has 2 unspecified atom stereocenters. The molecule has 1 N–H and O–H groups in total. The molecule has 3 nitrogen and oxygen atoms in total. The molecule has 0 aromatic rings. The van der Waals surface area contributed by atoms with Gasteiger partial charge in [0.2, 0.25) is 0 Å². The van der Waals surface area contributed by atoms with Crippen LogP contribution in [0.1, 0.15) is 20.3 Å². The van der Waals surface area contributed by atoms with Crippen LogP contribution in [0, 0.1) is 0 Å². The number of rotatable bonds is 4. The van der Waals surface area contributed by atoms with Crippen molar-refractivity contribution in [3.05, 3.63) is 0 Å². The third-order valence-corrected chi connectivity index (χ3v) is 1.74. The van der Waals surface area contributed by atoms with E-state index in [1.54, 1.807) is 13.8 Å². The van der Waals surface area contributed by atoms with E-state index in [1.165, 1.54) is 0 Å². The lowest BCUT2D eigenvalue weighted by molar-refractivity contribution is -0.144. The second-order valence-corrected chi connectivity index (χ2v) is 2.60. The number of hydrogen-bond acceptors (Lipinski definition) is 3. The van der Waals surface area contributed by atoms with E-state index in [9.17, 15) is 4.79 Å². The van der Waals surface area contributed by atoms with Gasteiger partial charge in [-0.05, 0) is 13.3 Å². The fourth-order valence-electron chi connectivity index (χ4n) is 0.586. The van der Waals surface area contributed by atoms with E-state index in [1.807, 2.05) is 0 Å². The van der Waals surface area contributed by atoms with Crippen LogP contribution in [-0.4, -0.2) is 29.2 Å². The van der Waals surface area contributed by atoms with Gasteiger partial charge in [-0.25, -0.2) is 0 Å². The molecule has 4 heteroatoms. The Morgan fingerprint density at radius 1 is 1.64 bits per heavy atom. The Kier molecular flexibility index (Phi) is 5.24. The lowest BCUT2D eigenvalue weighted by Crippen LogP contribution is -2.30. The second kappa shape index (κ2) is 5.38. The Hall–Kier alpha value is -0.280. The van der Waals surface area contributed by atoms with Crippen LogP contribution < -0.4 is 0 Å². The highest BCUT2D eigenvalue weighted by Crippen LogP contribution is 2.08. The van der Waals surface area contributed by atoms with Crippen molar-refractivity contribution in [2.75, 3.05) is 6.61 Å². The molecule has 0 fully saturated rings. The van der Waals surface area contributed by atoms with Crippen LogP contribution in [0.25, 0.3) is 0 Å². The Morgan fingerprint density at radius 3 is 2.55 bits per heavy atom. The lowest BCUT2D eigenvalue weighted by atomic mass is 10.2. The van der Waals surface area contributed by atoms with Gasteiger partial charge in [0, 0.05) is 0 Å². The molecule has 0 spiro atoms. The van der Waals surface area contributed by atoms with Crippen molar-refractivity contribution in [2.24, 2.45) is 0 Å². The minimum Gasteiger partial charge on any atom is -0.465 e. The molecule has 66 valence electrons. The van der Waals surface area contributed by atoms with Crippen LogP contribution in [0.2, 0.25) is 0 Å². The van der Waals surface area contributed by atoms with Crippen LogP contribution in [0.3, 0.4) is 0 Å². The van der Waals surface area contributed by atoms with Crippen LogP contribution in [-0.2, 0) is 9.53 Å². The Balaban J connectivity index is 3.80. The monoisotopic (exact) mass is 180 g/mol. The molecule has 0 amide bonds. The number of aliphatic hydroxyl groups excluding tert-OH is 1.